The summed E-state index contributed by atoms with van der Waals surface area (Å²) in [6.45, 7) is 8.96. The summed E-state index contributed by atoms with van der Waals surface area (Å²) in [6, 6.07) is 10.1. The first-order valence-electron chi connectivity index (χ1n) is 10.5. The maximum Gasteiger partial charge on any atom is 0.191 e. The fourth-order valence-corrected chi connectivity index (χ4v) is 4.44. The van der Waals surface area contributed by atoms with E-state index in [0.717, 1.165) is 37.7 Å². The Labute approximate surface area is 200 Å². The average molecular weight is 545 g/mol. The first-order valence-corrected chi connectivity index (χ1v) is 11.3. The number of nitrogens with one attached hydrogen (secondary N) is 2. The number of hydrogen-bond donors (Lipinski definition) is 3. The lowest BCUT2D eigenvalue weighted by atomic mass is 10.2. The molecule has 1 aromatic heterocycles. The van der Waals surface area contributed by atoms with Crippen molar-refractivity contribution in [1.82, 2.24) is 15.5 Å². The van der Waals surface area contributed by atoms with E-state index < -0.39 is 0 Å². The van der Waals surface area contributed by atoms with Crippen LogP contribution in [0.15, 0.2) is 40.7 Å². The Morgan fingerprint density at radius 2 is 2.03 bits per heavy atom. The zero-order valence-electron chi connectivity index (χ0n) is 17.8. The van der Waals surface area contributed by atoms with Crippen LogP contribution in [0.5, 0.6) is 11.5 Å². The van der Waals surface area contributed by atoms with Crippen LogP contribution in [0.3, 0.4) is 0 Å². The second-order valence-electron chi connectivity index (χ2n) is 7.09. The maximum absolute atomic E-state index is 9.88. The molecule has 30 heavy (non-hydrogen) atoms. The van der Waals surface area contributed by atoms with Gasteiger partial charge in [-0.3, -0.25) is 4.90 Å². The predicted octanol–water partition coefficient (Wildman–Crippen LogP) is 4.36. The van der Waals surface area contributed by atoms with E-state index in [1.165, 1.54) is 17.7 Å². The van der Waals surface area contributed by atoms with Crippen molar-refractivity contribution in [2.24, 2.45) is 4.99 Å². The third-order valence-corrected chi connectivity index (χ3v) is 5.98. The number of nitrogens with zero attached hydrogens (tertiary/aromatic N) is 2. The molecule has 8 heteroatoms. The van der Waals surface area contributed by atoms with Gasteiger partial charge in [-0.1, -0.05) is 12.1 Å². The molecule has 0 bridgehead atoms. The van der Waals surface area contributed by atoms with Gasteiger partial charge in [0.05, 0.1) is 19.2 Å². The minimum Gasteiger partial charge on any atom is -0.504 e. The molecule has 1 fully saturated rings. The zero-order valence-corrected chi connectivity index (χ0v) is 20.9. The Bertz CT molecular complexity index is 779. The number of phenolic OH excluding ortho intramolecular Hbond substituents is 1. The first-order chi connectivity index (χ1) is 14.2. The van der Waals surface area contributed by atoms with Crippen LogP contribution in [0.4, 0.5) is 0 Å². The molecule has 0 spiro atoms. The third-order valence-electron chi connectivity index (χ3n) is 5.00. The Balaban J connectivity index is 0.00000320. The number of aromatic hydroxyl groups is 1. The molecule has 1 saturated heterocycles. The molecule has 2 aromatic rings. The number of hydrogen-bond acceptors (Lipinski definition) is 5. The number of rotatable bonds is 9. The molecule has 3 rings (SSSR count). The lowest BCUT2D eigenvalue weighted by Crippen LogP contribution is -2.42. The van der Waals surface area contributed by atoms with E-state index in [4.69, 9.17) is 9.73 Å². The molecule has 0 radical (unpaired) electrons. The second-order valence-corrected chi connectivity index (χ2v) is 8.06. The summed E-state index contributed by atoms with van der Waals surface area (Å²) in [4.78, 5) is 8.70. The lowest BCUT2D eigenvalue weighted by molar-refractivity contribution is 0.249. The Hall–Kier alpha value is -1.52. The zero-order chi connectivity index (χ0) is 20.5. The van der Waals surface area contributed by atoms with Crippen LogP contribution in [-0.4, -0.2) is 48.8 Å². The lowest BCUT2D eigenvalue weighted by Gasteiger charge is -2.27. The van der Waals surface area contributed by atoms with Crippen molar-refractivity contribution in [2.75, 3.05) is 32.8 Å². The van der Waals surface area contributed by atoms with Gasteiger partial charge in [-0.25, -0.2) is 4.99 Å². The van der Waals surface area contributed by atoms with Crippen molar-refractivity contribution in [3.8, 4) is 11.5 Å². The summed E-state index contributed by atoms with van der Waals surface area (Å²) >= 11 is 1.82. The molecule has 6 nitrogen and oxygen atoms in total. The molecule has 1 aliphatic heterocycles. The summed E-state index contributed by atoms with van der Waals surface area (Å²) < 4.78 is 5.47. The van der Waals surface area contributed by atoms with E-state index >= 15 is 0 Å². The van der Waals surface area contributed by atoms with Crippen molar-refractivity contribution in [2.45, 2.75) is 39.3 Å². The normalized spacial score (nSPS) is 15.5. The van der Waals surface area contributed by atoms with Crippen LogP contribution < -0.4 is 15.4 Å². The second kappa shape index (κ2) is 13.0. The van der Waals surface area contributed by atoms with E-state index in [0.29, 0.717) is 24.9 Å². The maximum atomic E-state index is 9.88. The highest BCUT2D eigenvalue weighted by molar-refractivity contribution is 14.0. The average Bonchev–Trinajstić information content (AvgIpc) is 3.43. The van der Waals surface area contributed by atoms with E-state index in [1.54, 1.807) is 6.07 Å². The Morgan fingerprint density at radius 1 is 1.23 bits per heavy atom. The number of aliphatic imine (C=N–C) groups is 1. The molecule has 1 aromatic carbocycles. The molecule has 0 saturated carbocycles. The number of ether oxygens (including phenoxy) is 1. The molecule has 166 valence electrons. The van der Waals surface area contributed by atoms with E-state index in [2.05, 4.69) is 40.0 Å². The number of halogens is 1. The highest BCUT2D eigenvalue weighted by Crippen LogP contribution is 2.28. The molecular weight excluding hydrogens is 511 g/mol. The molecule has 0 amide bonds. The SMILES string of the molecule is CCNC(=NCc1ccc(O)c(OCC)c1)NCC(c1cccs1)N1CCCC1.I. The molecule has 1 atom stereocenters. The third kappa shape index (κ3) is 7.02. The van der Waals surface area contributed by atoms with Gasteiger partial charge < -0.3 is 20.5 Å². The van der Waals surface area contributed by atoms with Gasteiger partial charge in [0.1, 0.15) is 0 Å². The van der Waals surface area contributed by atoms with Crippen LogP contribution in [0, 0.1) is 0 Å². The molecule has 0 aliphatic carbocycles. The van der Waals surface area contributed by atoms with E-state index in [-0.39, 0.29) is 29.7 Å². The molecule has 1 unspecified atom stereocenters. The minimum atomic E-state index is 0. The van der Waals surface area contributed by atoms with Crippen LogP contribution in [0.2, 0.25) is 0 Å². The van der Waals surface area contributed by atoms with Crippen molar-refractivity contribution < 1.29 is 9.84 Å². The highest BCUT2D eigenvalue weighted by atomic mass is 127. The van der Waals surface area contributed by atoms with Gasteiger partial charge in [0.2, 0.25) is 0 Å². The Morgan fingerprint density at radius 3 is 2.70 bits per heavy atom. The standard InChI is InChI=1S/C22H32N4O2S.HI/c1-3-23-22(24-15-17-9-10-19(27)20(14-17)28-4-2)25-16-18(21-8-7-13-29-21)26-11-5-6-12-26;/h7-10,13-14,18,27H,3-6,11-12,15-16H2,1-2H3,(H2,23,24,25);1H. The molecule has 2 heterocycles. The summed E-state index contributed by atoms with van der Waals surface area (Å²) in [5.41, 5.74) is 0.998. The first kappa shape index (κ1) is 24.7. The fraction of sp³-hybridized carbons (Fsp3) is 0.500. The van der Waals surface area contributed by atoms with Gasteiger partial charge in [0.25, 0.3) is 0 Å². The van der Waals surface area contributed by atoms with Crippen LogP contribution in [0.1, 0.15) is 43.2 Å². The molecular formula is C22H33IN4O2S. The van der Waals surface area contributed by atoms with Crippen molar-refractivity contribution in [1.29, 1.82) is 0 Å². The highest BCUT2D eigenvalue weighted by Gasteiger charge is 2.24. The van der Waals surface area contributed by atoms with Crippen molar-refractivity contribution in [3.05, 3.63) is 46.2 Å². The summed E-state index contributed by atoms with van der Waals surface area (Å²) in [6.07, 6.45) is 2.55. The van der Waals surface area contributed by atoms with Crippen molar-refractivity contribution >= 4 is 41.3 Å². The van der Waals surface area contributed by atoms with Gasteiger partial charge in [0, 0.05) is 18.0 Å². The topological polar surface area (TPSA) is 69.1 Å². The Kier molecular flexibility index (Phi) is 10.7. The number of thiophene rings is 1. The van der Waals surface area contributed by atoms with Gasteiger partial charge in [-0.15, -0.1) is 35.3 Å². The number of likely N-dealkylation sites (tertiary alicyclic amines) is 1. The quantitative estimate of drug-likeness (QED) is 0.249. The smallest absolute Gasteiger partial charge is 0.191 e. The molecule has 1 aliphatic rings. The summed E-state index contributed by atoms with van der Waals surface area (Å²) in [7, 11) is 0. The monoisotopic (exact) mass is 544 g/mol. The summed E-state index contributed by atoms with van der Waals surface area (Å²) in [5, 5.41) is 18.9. The van der Waals surface area contributed by atoms with E-state index in [1.807, 2.05) is 30.4 Å². The van der Waals surface area contributed by atoms with Gasteiger partial charge in [-0.05, 0) is 68.9 Å². The van der Waals surface area contributed by atoms with Gasteiger partial charge in [0.15, 0.2) is 17.5 Å². The van der Waals surface area contributed by atoms with Crippen LogP contribution >= 0.6 is 35.3 Å². The van der Waals surface area contributed by atoms with Gasteiger partial charge >= 0.3 is 0 Å². The number of benzene rings is 1. The predicted molar refractivity (Wildman–Crippen MR) is 135 cm³/mol. The number of guanidine groups is 1. The number of phenols is 1. The van der Waals surface area contributed by atoms with Gasteiger partial charge in [-0.2, -0.15) is 0 Å². The summed E-state index contributed by atoms with van der Waals surface area (Å²) in [5.74, 6) is 1.47. The largest absolute Gasteiger partial charge is 0.504 e. The van der Waals surface area contributed by atoms with Crippen molar-refractivity contribution in [3.63, 3.8) is 0 Å². The fourth-order valence-electron chi connectivity index (χ4n) is 3.58. The van der Waals surface area contributed by atoms with Crippen LogP contribution in [-0.2, 0) is 6.54 Å². The van der Waals surface area contributed by atoms with E-state index in [9.17, 15) is 5.11 Å². The minimum absolute atomic E-state index is 0. The molecule has 3 N–H and O–H groups in total. The van der Waals surface area contributed by atoms with Crippen LogP contribution in [0.25, 0.3) is 0 Å².